The Balaban J connectivity index is 0.00000150. The molecular weight excluding hydrogens is 418 g/mol. The topological polar surface area (TPSA) is 9.23 Å². The number of rotatable bonds is 5. The maximum Gasteiger partial charge on any atom is -0.147 e. The van der Waals surface area contributed by atoms with Crippen molar-refractivity contribution < 1.29 is 4.74 Å². The maximum absolute atomic E-state index is 5.41. The van der Waals surface area contributed by atoms with Crippen molar-refractivity contribution in [1.82, 2.24) is 0 Å². The number of halogens is 2. The predicted octanol–water partition coefficient (Wildman–Crippen LogP) is 4.89. The van der Waals surface area contributed by atoms with Crippen molar-refractivity contribution in [2.75, 3.05) is 7.11 Å². The minimum Gasteiger partial charge on any atom is -0.147 e. The summed E-state index contributed by atoms with van der Waals surface area (Å²) in [6.45, 7) is 0. The summed E-state index contributed by atoms with van der Waals surface area (Å²) in [6, 6.07) is 41.4. The average molecular weight is 443 g/mol. The molecule has 0 radical (unpaired) electrons. The second kappa shape index (κ2) is 10.5. The third kappa shape index (κ3) is 4.33. The minimum absolute atomic E-state index is 0. The van der Waals surface area contributed by atoms with Gasteiger partial charge in [0.05, 0.1) is 0 Å². The first-order chi connectivity index (χ1) is 13.4. The van der Waals surface area contributed by atoms with Crippen LogP contribution in [0.25, 0.3) is 0 Å². The van der Waals surface area contributed by atoms with Gasteiger partial charge in [0, 0.05) is 0 Å². The summed E-state index contributed by atoms with van der Waals surface area (Å²) >= 11 is 0. The van der Waals surface area contributed by atoms with Gasteiger partial charge in [-0.1, -0.05) is 0 Å². The summed E-state index contributed by atoms with van der Waals surface area (Å²) in [6.07, 6.45) is 0. The third-order valence-electron chi connectivity index (χ3n) is 5.14. The van der Waals surface area contributed by atoms with Crippen LogP contribution >= 0.6 is 32.1 Å². The summed E-state index contributed by atoms with van der Waals surface area (Å²) < 4.78 is 5.41. The van der Waals surface area contributed by atoms with Crippen LogP contribution in [-0.2, 0) is 0 Å². The van der Waals surface area contributed by atoms with Gasteiger partial charge in [-0.15, -0.1) is 24.8 Å². The molecule has 0 heterocycles. The predicted molar refractivity (Wildman–Crippen MR) is 134 cm³/mol. The van der Waals surface area contributed by atoms with Gasteiger partial charge >= 0.3 is 161 Å². The second-order valence-corrected chi connectivity index (χ2v) is 10.4. The van der Waals surface area contributed by atoms with E-state index in [1.807, 2.05) is 0 Å². The van der Waals surface area contributed by atoms with Crippen molar-refractivity contribution in [2.24, 2.45) is 0 Å². The molecule has 0 fully saturated rings. The number of methoxy groups -OCH3 is 1. The van der Waals surface area contributed by atoms with E-state index in [4.69, 9.17) is 4.74 Å². The van der Waals surface area contributed by atoms with E-state index in [-0.39, 0.29) is 24.8 Å². The van der Waals surface area contributed by atoms with Crippen LogP contribution in [0.4, 0.5) is 0 Å². The van der Waals surface area contributed by atoms with Crippen LogP contribution in [0.2, 0.25) is 0 Å². The van der Waals surface area contributed by atoms with E-state index in [1.165, 1.54) is 21.2 Å². The zero-order valence-corrected chi connectivity index (χ0v) is 18.8. The SMILES string of the molecule is COc1ccc([PH](c2ccccc2)(c2ccccc2)c2ccccc2)cc1.Cl.Cl. The van der Waals surface area contributed by atoms with Crippen LogP contribution in [-0.4, -0.2) is 7.11 Å². The molecule has 0 aliphatic carbocycles. The maximum atomic E-state index is 5.41. The molecule has 0 saturated heterocycles. The molecule has 0 unspecified atom stereocenters. The summed E-state index contributed by atoms with van der Waals surface area (Å²) in [5.74, 6) is 0.885. The van der Waals surface area contributed by atoms with E-state index in [0.29, 0.717) is 0 Å². The molecule has 0 bridgehead atoms. The molecule has 29 heavy (non-hydrogen) atoms. The third-order valence-corrected chi connectivity index (χ3v) is 9.94. The number of hydrogen-bond acceptors (Lipinski definition) is 1. The van der Waals surface area contributed by atoms with Crippen LogP contribution in [0.1, 0.15) is 0 Å². The number of benzene rings is 4. The molecule has 0 amide bonds. The Hall–Kier alpha value is -2.31. The van der Waals surface area contributed by atoms with E-state index < -0.39 is 7.26 Å². The van der Waals surface area contributed by atoms with E-state index >= 15 is 0 Å². The Morgan fingerprint density at radius 3 is 1.07 bits per heavy atom. The average Bonchev–Trinajstić information content (AvgIpc) is 2.77. The van der Waals surface area contributed by atoms with Gasteiger partial charge in [0.1, 0.15) is 0 Å². The first kappa shape index (κ1) is 23.0. The largest absolute Gasteiger partial charge is 0.147 e. The number of hydrogen-bond donors (Lipinski definition) is 0. The molecule has 4 rings (SSSR count). The molecule has 0 aliphatic rings. The van der Waals surface area contributed by atoms with Crippen molar-refractivity contribution in [2.45, 2.75) is 0 Å². The Bertz CT molecular complexity index is 895. The number of ether oxygens (including phenoxy) is 1. The first-order valence-electron chi connectivity index (χ1n) is 9.17. The molecule has 0 spiro atoms. The minimum atomic E-state index is -2.39. The first-order valence-corrected chi connectivity index (χ1v) is 11.2. The van der Waals surface area contributed by atoms with E-state index in [2.05, 4.69) is 115 Å². The van der Waals surface area contributed by atoms with Gasteiger partial charge in [-0.05, 0) is 0 Å². The van der Waals surface area contributed by atoms with Crippen LogP contribution in [0.3, 0.4) is 0 Å². The quantitative estimate of drug-likeness (QED) is 0.399. The fourth-order valence-corrected chi connectivity index (χ4v) is 8.65. The van der Waals surface area contributed by atoms with Crippen molar-refractivity contribution in [1.29, 1.82) is 0 Å². The van der Waals surface area contributed by atoms with Gasteiger partial charge in [-0.25, -0.2) is 0 Å². The smallest absolute Gasteiger partial charge is 0.147 e. The van der Waals surface area contributed by atoms with Gasteiger partial charge in [-0.2, -0.15) is 0 Å². The van der Waals surface area contributed by atoms with Crippen molar-refractivity contribution in [3.8, 4) is 5.75 Å². The van der Waals surface area contributed by atoms with E-state index in [1.54, 1.807) is 7.11 Å². The summed E-state index contributed by atoms with van der Waals surface area (Å²) in [5.41, 5.74) is 0. The molecule has 4 aromatic rings. The summed E-state index contributed by atoms with van der Waals surface area (Å²) in [7, 11) is -0.678. The van der Waals surface area contributed by atoms with Crippen LogP contribution < -0.4 is 26.0 Å². The van der Waals surface area contributed by atoms with Gasteiger partial charge in [0.25, 0.3) is 0 Å². The second-order valence-electron chi connectivity index (χ2n) is 6.58. The Morgan fingerprint density at radius 1 is 0.448 bits per heavy atom. The fraction of sp³-hybridized carbons (Fsp3) is 0.0400. The van der Waals surface area contributed by atoms with Gasteiger partial charge in [0.15, 0.2) is 0 Å². The van der Waals surface area contributed by atoms with Crippen LogP contribution in [0, 0.1) is 0 Å². The summed E-state index contributed by atoms with van der Waals surface area (Å²) in [5, 5.41) is 5.50. The molecule has 1 nitrogen and oxygen atoms in total. The monoisotopic (exact) mass is 442 g/mol. The van der Waals surface area contributed by atoms with Gasteiger partial charge in [-0.3, -0.25) is 0 Å². The normalized spacial score (nSPS) is 10.9. The molecule has 4 aromatic carbocycles. The van der Waals surface area contributed by atoms with Crippen molar-refractivity contribution >= 4 is 53.3 Å². The zero-order chi connectivity index (χ0) is 18.5. The molecular formula is C25H25Cl2OP. The van der Waals surface area contributed by atoms with Gasteiger partial charge < -0.3 is 0 Å². The Kier molecular flexibility index (Phi) is 8.29. The summed E-state index contributed by atoms with van der Waals surface area (Å²) in [4.78, 5) is 0. The molecule has 0 N–H and O–H groups in total. The van der Waals surface area contributed by atoms with E-state index in [0.717, 1.165) is 5.75 Å². The Labute approximate surface area is 185 Å². The van der Waals surface area contributed by atoms with Crippen molar-refractivity contribution in [3.63, 3.8) is 0 Å². The van der Waals surface area contributed by atoms with Crippen LogP contribution in [0.5, 0.6) is 5.75 Å². The zero-order valence-electron chi connectivity index (χ0n) is 16.2. The van der Waals surface area contributed by atoms with Crippen LogP contribution in [0.15, 0.2) is 115 Å². The molecule has 150 valence electrons. The molecule has 0 aromatic heterocycles. The molecule has 0 saturated carbocycles. The molecule has 0 aliphatic heterocycles. The molecule has 0 atom stereocenters. The fourth-order valence-electron chi connectivity index (χ4n) is 3.91. The van der Waals surface area contributed by atoms with Crippen molar-refractivity contribution in [3.05, 3.63) is 115 Å². The standard InChI is InChI=1S/C25H23OP.2ClH/c1-26-21-17-19-25(20-18-21)27(22-11-5-2-6-12-22,23-13-7-3-8-14-23)24-15-9-4-10-16-24;;/h2-20,27H,1H3;2*1H. The van der Waals surface area contributed by atoms with E-state index in [9.17, 15) is 0 Å². The molecule has 4 heteroatoms. The van der Waals surface area contributed by atoms with Gasteiger partial charge in [0.2, 0.25) is 0 Å². The Morgan fingerprint density at radius 2 is 0.759 bits per heavy atom.